The van der Waals surface area contributed by atoms with Crippen LogP contribution < -0.4 is 21.3 Å². The minimum absolute atomic E-state index is 0.0365. The van der Waals surface area contributed by atoms with Gasteiger partial charge in [-0.3, -0.25) is 0 Å². The fraction of sp³-hybridized carbons (Fsp3) is 0.812. The van der Waals surface area contributed by atoms with Gasteiger partial charge in [-0.2, -0.15) is 0 Å². The van der Waals surface area contributed by atoms with Gasteiger partial charge >= 0.3 is 12.1 Å². The predicted molar refractivity (Wildman–Crippen MR) is 90.7 cm³/mol. The summed E-state index contributed by atoms with van der Waals surface area (Å²) in [5, 5.41) is 11.5. The molecule has 0 aromatic rings. The van der Waals surface area contributed by atoms with Crippen molar-refractivity contribution in [2.45, 2.75) is 84.5 Å². The number of nitrogens with one attached hydrogen (secondary N) is 4. The Morgan fingerprint density at radius 1 is 0.955 bits per heavy atom. The van der Waals surface area contributed by atoms with E-state index in [1.165, 1.54) is 0 Å². The van der Waals surface area contributed by atoms with Crippen molar-refractivity contribution in [3.63, 3.8) is 0 Å². The van der Waals surface area contributed by atoms with Gasteiger partial charge in [0.25, 0.3) is 0 Å². The van der Waals surface area contributed by atoms with Crippen LogP contribution in [0.4, 0.5) is 9.59 Å². The van der Waals surface area contributed by atoms with Gasteiger partial charge < -0.3 is 21.3 Å². The third-order valence-corrected chi connectivity index (χ3v) is 2.94. The highest BCUT2D eigenvalue weighted by molar-refractivity contribution is 5.75. The quantitative estimate of drug-likeness (QED) is 0.555. The molecule has 6 nitrogen and oxygen atoms in total. The maximum absolute atomic E-state index is 11.8. The van der Waals surface area contributed by atoms with Crippen molar-refractivity contribution in [1.82, 2.24) is 21.3 Å². The Morgan fingerprint density at radius 2 is 1.45 bits per heavy atom. The van der Waals surface area contributed by atoms with Crippen LogP contribution in [0.25, 0.3) is 0 Å². The summed E-state index contributed by atoms with van der Waals surface area (Å²) in [5.41, 5.74) is -0.427. The largest absolute Gasteiger partial charge is 0.336 e. The molecule has 0 saturated heterocycles. The van der Waals surface area contributed by atoms with Crippen LogP contribution in [0.2, 0.25) is 0 Å². The first-order chi connectivity index (χ1) is 10.1. The summed E-state index contributed by atoms with van der Waals surface area (Å²) in [7, 11) is 0. The van der Waals surface area contributed by atoms with Crippen molar-refractivity contribution in [2.24, 2.45) is 0 Å². The lowest BCUT2D eigenvalue weighted by Crippen LogP contribution is -2.54. The fourth-order valence-electron chi connectivity index (χ4n) is 2.23. The van der Waals surface area contributed by atoms with Crippen molar-refractivity contribution in [3.8, 4) is 0 Å². The zero-order chi connectivity index (χ0) is 17.3. The molecule has 0 aliphatic carbocycles. The zero-order valence-corrected chi connectivity index (χ0v) is 14.9. The maximum Gasteiger partial charge on any atom is 0.315 e. The molecule has 4 N–H and O–H groups in total. The third-order valence-electron chi connectivity index (χ3n) is 2.94. The lowest BCUT2D eigenvalue weighted by molar-refractivity contribution is 0.217. The van der Waals surface area contributed by atoms with E-state index >= 15 is 0 Å². The molecular weight excluding hydrogens is 280 g/mol. The van der Waals surface area contributed by atoms with Crippen molar-refractivity contribution < 1.29 is 9.59 Å². The van der Waals surface area contributed by atoms with Gasteiger partial charge in [0.05, 0.1) is 0 Å². The van der Waals surface area contributed by atoms with Gasteiger partial charge in [-0.15, -0.1) is 0 Å². The summed E-state index contributed by atoms with van der Waals surface area (Å²) < 4.78 is 0. The van der Waals surface area contributed by atoms with E-state index in [0.29, 0.717) is 6.42 Å². The highest BCUT2D eigenvalue weighted by Gasteiger charge is 2.26. The third kappa shape index (κ3) is 10.3. The summed E-state index contributed by atoms with van der Waals surface area (Å²) in [6.07, 6.45) is 2.13. The second kappa shape index (κ2) is 9.54. The number of carbonyl (C=O) groups is 2. The number of hydrogen-bond acceptors (Lipinski definition) is 2. The Labute approximate surface area is 135 Å². The summed E-state index contributed by atoms with van der Waals surface area (Å²) in [5.74, 6) is 0. The van der Waals surface area contributed by atoms with E-state index < -0.39 is 5.54 Å². The van der Waals surface area contributed by atoms with Gasteiger partial charge in [0.1, 0.15) is 0 Å². The van der Waals surface area contributed by atoms with Crippen LogP contribution in [0.1, 0.15) is 60.8 Å². The van der Waals surface area contributed by atoms with E-state index in [9.17, 15) is 9.59 Å². The van der Waals surface area contributed by atoms with E-state index in [4.69, 9.17) is 0 Å². The molecule has 0 rings (SSSR count). The van der Waals surface area contributed by atoms with E-state index in [2.05, 4.69) is 28.2 Å². The molecule has 0 aliphatic rings. The van der Waals surface area contributed by atoms with Crippen molar-refractivity contribution in [1.29, 1.82) is 0 Å². The molecule has 0 spiro atoms. The molecular formula is C16H33N4O2. The molecule has 0 heterocycles. The van der Waals surface area contributed by atoms with Crippen LogP contribution in [-0.4, -0.2) is 35.7 Å². The van der Waals surface area contributed by atoms with E-state index in [0.717, 1.165) is 12.8 Å². The second-order valence-electron chi connectivity index (χ2n) is 6.95. The summed E-state index contributed by atoms with van der Waals surface area (Å²) in [6, 6.07) is -0.244. The Hall–Kier alpha value is -1.46. The number of urea groups is 2. The van der Waals surface area contributed by atoms with Gasteiger partial charge in [-0.05, 0) is 54.4 Å². The van der Waals surface area contributed by atoms with Crippen LogP contribution in [0.3, 0.4) is 0 Å². The maximum atomic E-state index is 11.8. The van der Waals surface area contributed by atoms with Gasteiger partial charge in [0.15, 0.2) is 0 Å². The fourth-order valence-corrected chi connectivity index (χ4v) is 2.23. The molecule has 22 heavy (non-hydrogen) atoms. The topological polar surface area (TPSA) is 82.3 Å². The molecule has 6 heteroatoms. The molecule has 0 aliphatic heterocycles. The van der Waals surface area contributed by atoms with Crippen LogP contribution in [0, 0.1) is 6.92 Å². The molecule has 1 unspecified atom stereocenters. The normalized spacial score (nSPS) is 13.0. The number of rotatable bonds is 8. The van der Waals surface area contributed by atoms with E-state index in [1.54, 1.807) is 0 Å². The highest BCUT2D eigenvalue weighted by Crippen LogP contribution is 2.15. The first kappa shape index (κ1) is 20.5. The molecule has 0 aromatic heterocycles. The van der Waals surface area contributed by atoms with Crippen LogP contribution in [-0.2, 0) is 0 Å². The molecule has 129 valence electrons. The minimum Gasteiger partial charge on any atom is -0.336 e. The standard InChI is InChI=1S/C16H33N4O2/c1-8-9-13(19-14(21)17-11(2)3)10-16(6,7)20-15(22)18-12(4)5/h11-13H,1,8-10H2,2-7H3,(H2,17,19,21)(H2,18,20,22). The Kier molecular flexibility index (Phi) is 8.90. The minimum atomic E-state index is -0.427. The lowest BCUT2D eigenvalue weighted by Gasteiger charge is -2.31. The number of hydrogen-bond donors (Lipinski definition) is 4. The van der Waals surface area contributed by atoms with E-state index in [-0.39, 0.29) is 30.2 Å². The summed E-state index contributed by atoms with van der Waals surface area (Å²) in [4.78, 5) is 23.7. The molecule has 1 atom stereocenters. The average molecular weight is 313 g/mol. The van der Waals surface area contributed by atoms with Crippen molar-refractivity contribution >= 4 is 12.1 Å². The van der Waals surface area contributed by atoms with Crippen LogP contribution in [0.5, 0.6) is 0 Å². The first-order valence-corrected chi connectivity index (χ1v) is 8.00. The first-order valence-electron chi connectivity index (χ1n) is 8.00. The van der Waals surface area contributed by atoms with Gasteiger partial charge in [-0.1, -0.05) is 13.3 Å². The van der Waals surface area contributed by atoms with Crippen molar-refractivity contribution in [3.05, 3.63) is 6.92 Å². The zero-order valence-electron chi connectivity index (χ0n) is 14.9. The smallest absolute Gasteiger partial charge is 0.315 e. The highest BCUT2D eigenvalue weighted by atomic mass is 16.2. The number of carbonyl (C=O) groups excluding carboxylic acids is 2. The second-order valence-corrected chi connectivity index (χ2v) is 6.95. The monoisotopic (exact) mass is 313 g/mol. The lowest BCUT2D eigenvalue weighted by atomic mass is 9.93. The van der Waals surface area contributed by atoms with Crippen molar-refractivity contribution in [2.75, 3.05) is 0 Å². The van der Waals surface area contributed by atoms with Gasteiger partial charge in [0.2, 0.25) is 0 Å². The molecule has 0 fully saturated rings. The van der Waals surface area contributed by atoms with Gasteiger partial charge in [0, 0.05) is 23.7 Å². The Bertz CT molecular complexity index is 354. The Morgan fingerprint density at radius 3 is 1.91 bits per heavy atom. The van der Waals surface area contributed by atoms with Crippen LogP contribution in [0.15, 0.2) is 0 Å². The van der Waals surface area contributed by atoms with Crippen LogP contribution >= 0.6 is 0 Å². The van der Waals surface area contributed by atoms with E-state index in [1.807, 2.05) is 41.5 Å². The SMILES string of the molecule is [CH2]CCC(CC(C)(C)NC(=O)NC(C)C)NC(=O)NC(C)C. The summed E-state index contributed by atoms with van der Waals surface area (Å²) in [6.45, 7) is 15.4. The number of amides is 4. The average Bonchev–Trinajstić information content (AvgIpc) is 2.24. The molecule has 4 amide bonds. The summed E-state index contributed by atoms with van der Waals surface area (Å²) >= 11 is 0. The Balaban J connectivity index is 4.56. The molecule has 0 aromatic carbocycles. The predicted octanol–water partition coefficient (Wildman–Crippen LogP) is 2.55. The van der Waals surface area contributed by atoms with Gasteiger partial charge in [-0.25, -0.2) is 9.59 Å². The molecule has 0 saturated carbocycles. The molecule has 1 radical (unpaired) electrons. The molecule has 0 bridgehead atoms.